The molecule has 3 heteroatoms. The van der Waals surface area contributed by atoms with Crippen molar-refractivity contribution >= 4 is 11.4 Å². The largest absolute Gasteiger partial charge is 0.382 e. The molecule has 1 aromatic heterocycles. The predicted octanol–water partition coefficient (Wildman–Crippen LogP) is 4.51. The van der Waals surface area contributed by atoms with Crippen LogP contribution in [0.15, 0.2) is 67.9 Å². The van der Waals surface area contributed by atoms with Crippen molar-refractivity contribution in [2.75, 3.05) is 5.73 Å². The molecule has 0 aliphatic rings. The Hall–Kier alpha value is -2.68. The molecule has 0 saturated heterocycles. The number of benzene rings is 1. The first-order chi connectivity index (χ1) is 10.3. The Morgan fingerprint density at radius 3 is 2.38 bits per heavy atom. The van der Waals surface area contributed by atoms with Crippen LogP contribution < -0.4 is 5.73 Å². The van der Waals surface area contributed by atoms with Gasteiger partial charge in [0.05, 0.1) is 11.9 Å². The van der Waals surface area contributed by atoms with Crippen LogP contribution in [0.4, 0.5) is 5.82 Å². The second-order valence-electron chi connectivity index (χ2n) is 3.92. The number of nitrogen functional groups attached to an aromatic ring is 1. The van der Waals surface area contributed by atoms with Gasteiger partial charge in [0.25, 0.3) is 0 Å². The van der Waals surface area contributed by atoms with Gasteiger partial charge in [0, 0.05) is 11.1 Å². The smallest absolute Gasteiger partial charge is 0.150 e. The number of aromatic nitrogens is 2. The van der Waals surface area contributed by atoms with Crippen molar-refractivity contribution in [3.8, 4) is 11.3 Å². The van der Waals surface area contributed by atoms with Crippen molar-refractivity contribution < 1.29 is 0 Å². The van der Waals surface area contributed by atoms with Crippen molar-refractivity contribution in [1.29, 1.82) is 0 Å². The van der Waals surface area contributed by atoms with Gasteiger partial charge in [0.2, 0.25) is 0 Å². The Labute approximate surface area is 126 Å². The van der Waals surface area contributed by atoms with Crippen LogP contribution in [0, 0.1) is 0 Å². The first kappa shape index (κ1) is 16.4. The Balaban J connectivity index is 0.00000106. The van der Waals surface area contributed by atoms with E-state index in [2.05, 4.69) is 23.1 Å². The summed E-state index contributed by atoms with van der Waals surface area (Å²) < 4.78 is 0. The van der Waals surface area contributed by atoms with E-state index in [0.29, 0.717) is 11.5 Å². The molecule has 2 N–H and O–H groups in total. The van der Waals surface area contributed by atoms with Gasteiger partial charge in [-0.25, -0.2) is 9.97 Å². The average Bonchev–Trinajstić information content (AvgIpc) is 2.56. The Bertz CT molecular complexity index is 628. The number of hydrogen-bond acceptors (Lipinski definition) is 3. The lowest BCUT2D eigenvalue weighted by atomic mass is 10.1. The van der Waals surface area contributed by atoms with Gasteiger partial charge in [0.15, 0.2) is 0 Å². The molecule has 1 heterocycles. The van der Waals surface area contributed by atoms with Gasteiger partial charge in [-0.15, -0.1) is 0 Å². The van der Waals surface area contributed by atoms with Crippen LogP contribution in [0.5, 0.6) is 0 Å². The summed E-state index contributed by atoms with van der Waals surface area (Å²) in [5.74, 6) is 0.382. The summed E-state index contributed by atoms with van der Waals surface area (Å²) >= 11 is 0. The molecule has 0 aliphatic carbocycles. The van der Waals surface area contributed by atoms with Crippen LogP contribution in [-0.4, -0.2) is 9.97 Å². The summed E-state index contributed by atoms with van der Waals surface area (Å²) in [5, 5.41) is 0. The Morgan fingerprint density at radius 1 is 1.14 bits per heavy atom. The van der Waals surface area contributed by atoms with Crippen LogP contribution in [0.25, 0.3) is 16.8 Å². The maximum Gasteiger partial charge on any atom is 0.150 e. The van der Waals surface area contributed by atoms with Crippen LogP contribution in [0.1, 0.15) is 19.5 Å². The van der Waals surface area contributed by atoms with Gasteiger partial charge < -0.3 is 5.73 Å². The summed E-state index contributed by atoms with van der Waals surface area (Å²) in [6.07, 6.45) is 6.84. The van der Waals surface area contributed by atoms with E-state index in [4.69, 9.17) is 5.73 Å². The summed E-state index contributed by atoms with van der Waals surface area (Å²) in [5.41, 5.74) is 9.08. The van der Waals surface area contributed by atoms with E-state index in [1.165, 1.54) is 0 Å². The van der Waals surface area contributed by atoms with Crippen LogP contribution >= 0.6 is 0 Å². The molecule has 0 bridgehead atoms. The van der Waals surface area contributed by atoms with Gasteiger partial charge in [0.1, 0.15) is 11.5 Å². The summed E-state index contributed by atoms with van der Waals surface area (Å²) in [7, 11) is 0. The Kier molecular flexibility index (Phi) is 6.61. The van der Waals surface area contributed by atoms with Gasteiger partial charge in [-0.05, 0) is 0 Å². The van der Waals surface area contributed by atoms with E-state index in [1.807, 2.05) is 50.3 Å². The SMILES string of the molecule is C=C/C=C(\C=C)c1nc(-c2ccccc2)cnc1N.CC. The van der Waals surface area contributed by atoms with E-state index in [0.717, 1.165) is 16.8 Å². The molecule has 1 aromatic carbocycles. The summed E-state index contributed by atoms with van der Waals surface area (Å²) in [6, 6.07) is 9.84. The number of nitrogens with zero attached hydrogens (tertiary/aromatic N) is 2. The quantitative estimate of drug-likeness (QED) is 0.838. The van der Waals surface area contributed by atoms with Gasteiger partial charge in [-0.1, -0.05) is 75.6 Å². The predicted molar refractivity (Wildman–Crippen MR) is 91.6 cm³/mol. The molecule has 0 fully saturated rings. The molecule has 2 rings (SSSR count). The number of anilines is 1. The minimum Gasteiger partial charge on any atom is -0.382 e. The molecular formula is C18H21N3. The molecule has 3 nitrogen and oxygen atoms in total. The molecule has 0 atom stereocenters. The monoisotopic (exact) mass is 279 g/mol. The van der Waals surface area contributed by atoms with Crippen LogP contribution in [0.2, 0.25) is 0 Å². The van der Waals surface area contributed by atoms with Gasteiger partial charge >= 0.3 is 0 Å². The highest BCUT2D eigenvalue weighted by molar-refractivity contribution is 5.79. The molecular weight excluding hydrogens is 258 g/mol. The zero-order chi connectivity index (χ0) is 15.7. The number of nitrogens with two attached hydrogens (primary N) is 1. The normalized spacial score (nSPS) is 10.3. The molecule has 0 aliphatic heterocycles. The standard InChI is InChI=1S/C16H15N3.C2H6/c1-3-8-12(4-2)15-16(17)18-11-14(19-15)13-9-6-5-7-10-13;1-2/h3-11H,1-2H2,(H2,17,18);1-2H3/b12-8+;. The lowest BCUT2D eigenvalue weighted by molar-refractivity contribution is 1.19. The lowest BCUT2D eigenvalue weighted by Crippen LogP contribution is -2.01. The minimum atomic E-state index is 0.382. The third-order valence-electron chi connectivity index (χ3n) is 2.66. The first-order valence-corrected chi connectivity index (χ1v) is 6.89. The lowest BCUT2D eigenvalue weighted by Gasteiger charge is -2.07. The van der Waals surface area contributed by atoms with Crippen LogP contribution in [0.3, 0.4) is 0 Å². The van der Waals surface area contributed by atoms with Crippen molar-refractivity contribution in [2.24, 2.45) is 0 Å². The van der Waals surface area contributed by atoms with E-state index in [-0.39, 0.29) is 0 Å². The van der Waals surface area contributed by atoms with Crippen LogP contribution in [-0.2, 0) is 0 Å². The van der Waals surface area contributed by atoms with Gasteiger partial charge in [-0.2, -0.15) is 0 Å². The molecule has 0 saturated carbocycles. The van der Waals surface area contributed by atoms with E-state index in [9.17, 15) is 0 Å². The summed E-state index contributed by atoms with van der Waals surface area (Å²) in [6.45, 7) is 11.4. The molecule has 0 amide bonds. The fourth-order valence-corrected chi connectivity index (χ4v) is 1.73. The van der Waals surface area contributed by atoms with Crippen molar-refractivity contribution in [3.05, 3.63) is 73.6 Å². The zero-order valence-electron chi connectivity index (χ0n) is 12.6. The topological polar surface area (TPSA) is 51.8 Å². The summed E-state index contributed by atoms with van der Waals surface area (Å²) in [4.78, 5) is 8.76. The number of rotatable bonds is 4. The minimum absolute atomic E-state index is 0.382. The second-order valence-corrected chi connectivity index (χ2v) is 3.92. The molecule has 0 spiro atoms. The van der Waals surface area contributed by atoms with E-state index < -0.39 is 0 Å². The maximum atomic E-state index is 5.88. The Morgan fingerprint density at radius 2 is 1.81 bits per heavy atom. The van der Waals surface area contributed by atoms with E-state index >= 15 is 0 Å². The molecule has 108 valence electrons. The first-order valence-electron chi connectivity index (χ1n) is 6.89. The fourth-order valence-electron chi connectivity index (χ4n) is 1.73. The number of allylic oxidation sites excluding steroid dienone is 4. The van der Waals surface area contributed by atoms with Crippen molar-refractivity contribution in [1.82, 2.24) is 9.97 Å². The third kappa shape index (κ3) is 4.14. The highest BCUT2D eigenvalue weighted by Crippen LogP contribution is 2.23. The third-order valence-corrected chi connectivity index (χ3v) is 2.66. The molecule has 0 unspecified atom stereocenters. The zero-order valence-corrected chi connectivity index (χ0v) is 12.6. The molecule has 0 radical (unpaired) electrons. The average molecular weight is 279 g/mol. The second kappa shape index (κ2) is 8.48. The van der Waals surface area contributed by atoms with Crippen molar-refractivity contribution in [2.45, 2.75) is 13.8 Å². The molecule has 2 aromatic rings. The maximum absolute atomic E-state index is 5.88. The number of hydrogen-bond donors (Lipinski definition) is 1. The fraction of sp³-hybridized carbons (Fsp3) is 0.111. The van der Waals surface area contributed by atoms with Gasteiger partial charge in [-0.3, -0.25) is 0 Å². The highest BCUT2D eigenvalue weighted by Gasteiger charge is 2.08. The van der Waals surface area contributed by atoms with E-state index in [1.54, 1.807) is 18.3 Å². The molecule has 21 heavy (non-hydrogen) atoms. The van der Waals surface area contributed by atoms with Crippen molar-refractivity contribution in [3.63, 3.8) is 0 Å². The highest BCUT2D eigenvalue weighted by atomic mass is 14.9.